The van der Waals surface area contributed by atoms with Gasteiger partial charge in [-0.3, -0.25) is 4.79 Å². The molecule has 0 aliphatic heterocycles. The highest BCUT2D eigenvalue weighted by Gasteiger charge is 2.16. The number of carbonyl (C=O) groups is 1. The highest BCUT2D eigenvalue weighted by molar-refractivity contribution is 5.96. The quantitative estimate of drug-likeness (QED) is 0.706. The average Bonchev–Trinajstić information content (AvgIpc) is 3.07. The molecule has 3 rings (SSSR count). The van der Waals surface area contributed by atoms with E-state index in [1.54, 1.807) is 6.33 Å². The first-order valence-electron chi connectivity index (χ1n) is 9.28. The first-order valence-corrected chi connectivity index (χ1v) is 9.28. The van der Waals surface area contributed by atoms with Crippen molar-refractivity contribution in [2.45, 2.75) is 33.1 Å². The number of carbonyl (C=O) groups excluding carboxylic acids is 1. The number of hydrogen-bond acceptors (Lipinski definition) is 3. The van der Waals surface area contributed by atoms with E-state index in [0.717, 1.165) is 29.1 Å². The topological polar surface area (TPSA) is 59.8 Å². The molecule has 0 aliphatic carbocycles. The molecule has 2 aromatic carbocycles. The Kier molecular flexibility index (Phi) is 5.69. The molecule has 0 saturated carbocycles. The minimum absolute atomic E-state index is 0.0262. The molecule has 0 spiro atoms. The third kappa shape index (κ3) is 4.61. The Morgan fingerprint density at radius 2 is 1.85 bits per heavy atom. The number of anilines is 1. The second-order valence-electron chi connectivity index (χ2n) is 7.40. The van der Waals surface area contributed by atoms with Crippen LogP contribution in [0.15, 0.2) is 54.9 Å². The van der Waals surface area contributed by atoms with Gasteiger partial charge in [-0.25, -0.2) is 0 Å². The lowest BCUT2D eigenvalue weighted by atomic mass is 9.96. The molecule has 1 heterocycles. The molecule has 3 aromatic rings. The molecule has 140 valence electrons. The lowest BCUT2D eigenvalue weighted by molar-refractivity contribution is -0.117. The molecule has 0 radical (unpaired) electrons. The van der Waals surface area contributed by atoms with Crippen LogP contribution in [0.25, 0.3) is 11.4 Å². The van der Waals surface area contributed by atoms with E-state index in [4.69, 9.17) is 0 Å². The van der Waals surface area contributed by atoms with Gasteiger partial charge in [-0.15, -0.1) is 10.2 Å². The number of nitrogens with zero attached hydrogens (tertiary/aromatic N) is 3. The minimum Gasteiger partial charge on any atom is -0.326 e. The Hall–Kier alpha value is -2.95. The van der Waals surface area contributed by atoms with Crippen LogP contribution in [0.5, 0.6) is 0 Å². The SMILES string of the molecule is CC(C)Cc1ccc([C@H](C)C(=O)Nc2cccc(-c3nncn3C)c2)cc1. The van der Waals surface area contributed by atoms with Crippen molar-refractivity contribution in [1.82, 2.24) is 14.8 Å². The van der Waals surface area contributed by atoms with Gasteiger partial charge in [0, 0.05) is 18.3 Å². The molecule has 1 amide bonds. The predicted molar refractivity (Wildman–Crippen MR) is 108 cm³/mol. The van der Waals surface area contributed by atoms with Crippen LogP contribution in [0.4, 0.5) is 5.69 Å². The summed E-state index contributed by atoms with van der Waals surface area (Å²) in [7, 11) is 1.89. The van der Waals surface area contributed by atoms with Crippen LogP contribution in [0, 0.1) is 5.92 Å². The zero-order valence-corrected chi connectivity index (χ0v) is 16.3. The summed E-state index contributed by atoms with van der Waals surface area (Å²) in [4.78, 5) is 12.7. The standard InChI is InChI=1S/C22H26N4O/c1-15(2)12-17-8-10-18(11-9-17)16(3)22(27)24-20-7-5-6-19(13-20)21-25-23-14-26(21)4/h5-11,13-16H,12H2,1-4H3,(H,24,27)/t16-/m0/s1. The molecular formula is C22H26N4O. The normalized spacial score (nSPS) is 12.2. The van der Waals surface area contributed by atoms with E-state index in [1.807, 2.05) is 42.8 Å². The van der Waals surface area contributed by atoms with Crippen molar-refractivity contribution >= 4 is 11.6 Å². The summed E-state index contributed by atoms with van der Waals surface area (Å²) in [6, 6.07) is 16.0. The van der Waals surface area contributed by atoms with E-state index in [0.29, 0.717) is 5.92 Å². The molecule has 5 heteroatoms. The molecule has 5 nitrogen and oxygen atoms in total. The third-order valence-electron chi connectivity index (χ3n) is 4.62. The average molecular weight is 362 g/mol. The van der Waals surface area contributed by atoms with E-state index in [-0.39, 0.29) is 11.8 Å². The first-order chi connectivity index (χ1) is 12.9. The Bertz CT molecular complexity index is 912. The third-order valence-corrected chi connectivity index (χ3v) is 4.62. The molecule has 1 aromatic heterocycles. The van der Waals surface area contributed by atoms with Crippen LogP contribution < -0.4 is 5.32 Å². The van der Waals surface area contributed by atoms with Crippen LogP contribution in [-0.4, -0.2) is 20.7 Å². The number of rotatable bonds is 6. The second kappa shape index (κ2) is 8.16. The molecule has 0 fully saturated rings. The highest BCUT2D eigenvalue weighted by Crippen LogP contribution is 2.23. The van der Waals surface area contributed by atoms with Gasteiger partial charge in [0.15, 0.2) is 5.82 Å². The predicted octanol–water partition coefficient (Wildman–Crippen LogP) is 4.42. The summed E-state index contributed by atoms with van der Waals surface area (Å²) in [5.74, 6) is 1.14. The molecule has 0 aliphatic rings. The number of benzene rings is 2. The van der Waals surface area contributed by atoms with Crippen molar-refractivity contribution in [1.29, 1.82) is 0 Å². The maximum Gasteiger partial charge on any atom is 0.231 e. The number of nitrogens with one attached hydrogen (secondary N) is 1. The van der Waals surface area contributed by atoms with Gasteiger partial charge in [0.2, 0.25) is 5.91 Å². The summed E-state index contributed by atoms with van der Waals surface area (Å²) in [5, 5.41) is 11.0. The minimum atomic E-state index is -0.225. The Labute approximate surface area is 160 Å². The highest BCUT2D eigenvalue weighted by atomic mass is 16.1. The fourth-order valence-corrected chi connectivity index (χ4v) is 3.10. The summed E-state index contributed by atoms with van der Waals surface area (Å²) in [5.41, 5.74) is 3.99. The Morgan fingerprint density at radius 1 is 1.11 bits per heavy atom. The van der Waals surface area contributed by atoms with E-state index >= 15 is 0 Å². The van der Waals surface area contributed by atoms with Crippen LogP contribution in [0.3, 0.4) is 0 Å². The van der Waals surface area contributed by atoms with E-state index in [2.05, 4.69) is 53.6 Å². The fourth-order valence-electron chi connectivity index (χ4n) is 3.10. The van der Waals surface area contributed by atoms with Gasteiger partial charge in [-0.2, -0.15) is 0 Å². The smallest absolute Gasteiger partial charge is 0.231 e. The first kappa shape index (κ1) is 18.8. The summed E-state index contributed by atoms with van der Waals surface area (Å²) < 4.78 is 1.85. The number of aryl methyl sites for hydroxylation is 1. The summed E-state index contributed by atoms with van der Waals surface area (Å²) in [6.45, 7) is 6.34. The zero-order valence-electron chi connectivity index (χ0n) is 16.3. The van der Waals surface area contributed by atoms with Crippen molar-refractivity contribution in [3.05, 3.63) is 66.0 Å². The molecule has 0 unspecified atom stereocenters. The molecule has 0 saturated heterocycles. The summed E-state index contributed by atoms with van der Waals surface area (Å²) >= 11 is 0. The maximum absolute atomic E-state index is 12.7. The molecule has 27 heavy (non-hydrogen) atoms. The largest absolute Gasteiger partial charge is 0.326 e. The molecule has 1 atom stereocenters. The molecular weight excluding hydrogens is 336 g/mol. The number of amides is 1. The van der Waals surface area contributed by atoms with Crippen LogP contribution in [0.1, 0.15) is 37.8 Å². The molecule has 1 N–H and O–H groups in total. The van der Waals surface area contributed by atoms with Crippen molar-refractivity contribution in [2.24, 2.45) is 13.0 Å². The lowest BCUT2D eigenvalue weighted by Gasteiger charge is -2.14. The number of aromatic nitrogens is 3. The fraction of sp³-hybridized carbons (Fsp3) is 0.318. The number of hydrogen-bond donors (Lipinski definition) is 1. The van der Waals surface area contributed by atoms with E-state index in [1.165, 1.54) is 5.56 Å². The summed E-state index contributed by atoms with van der Waals surface area (Å²) in [6.07, 6.45) is 2.71. The van der Waals surface area contributed by atoms with Crippen molar-refractivity contribution < 1.29 is 4.79 Å². The van der Waals surface area contributed by atoms with Crippen molar-refractivity contribution in [2.75, 3.05) is 5.32 Å². The van der Waals surface area contributed by atoms with Gasteiger partial charge in [-0.1, -0.05) is 50.2 Å². The van der Waals surface area contributed by atoms with Gasteiger partial charge >= 0.3 is 0 Å². The lowest BCUT2D eigenvalue weighted by Crippen LogP contribution is -2.18. The molecule has 0 bridgehead atoms. The van der Waals surface area contributed by atoms with Gasteiger partial charge in [0.1, 0.15) is 6.33 Å². The van der Waals surface area contributed by atoms with Gasteiger partial charge < -0.3 is 9.88 Å². The Balaban J connectivity index is 1.70. The second-order valence-corrected chi connectivity index (χ2v) is 7.40. The van der Waals surface area contributed by atoms with E-state index in [9.17, 15) is 4.79 Å². The van der Waals surface area contributed by atoms with E-state index < -0.39 is 0 Å². The van der Waals surface area contributed by atoms with Gasteiger partial charge in [0.05, 0.1) is 5.92 Å². The van der Waals surface area contributed by atoms with Gasteiger partial charge in [0.25, 0.3) is 0 Å². The Morgan fingerprint density at radius 3 is 2.48 bits per heavy atom. The van der Waals surface area contributed by atoms with Crippen LogP contribution in [-0.2, 0) is 18.3 Å². The van der Waals surface area contributed by atoms with Crippen molar-refractivity contribution in [3.63, 3.8) is 0 Å². The monoisotopic (exact) mass is 362 g/mol. The van der Waals surface area contributed by atoms with Crippen LogP contribution >= 0.6 is 0 Å². The zero-order chi connectivity index (χ0) is 19.4. The maximum atomic E-state index is 12.7. The van der Waals surface area contributed by atoms with Crippen molar-refractivity contribution in [3.8, 4) is 11.4 Å². The van der Waals surface area contributed by atoms with Crippen LogP contribution in [0.2, 0.25) is 0 Å². The van der Waals surface area contributed by atoms with Gasteiger partial charge in [-0.05, 0) is 42.5 Å².